The van der Waals surface area contributed by atoms with E-state index in [2.05, 4.69) is 13.8 Å². The third-order valence-corrected chi connectivity index (χ3v) is 4.66. The molecule has 1 N–H and O–H groups in total. The van der Waals surface area contributed by atoms with Crippen LogP contribution in [-0.2, 0) is 0 Å². The first kappa shape index (κ1) is 14.7. The van der Waals surface area contributed by atoms with Crippen LogP contribution in [-0.4, -0.2) is 26.2 Å². The smallest absolute Gasteiger partial charge is 0.137 e. The third kappa shape index (κ3) is 3.87. The van der Waals surface area contributed by atoms with Crippen molar-refractivity contribution in [2.45, 2.75) is 33.6 Å². The summed E-state index contributed by atoms with van der Waals surface area (Å²) >= 11 is 6.10. The number of likely N-dealkylation sites (tertiary alicyclic amines) is 1. The number of nitrogens with one attached hydrogen (secondary N) is 1. The monoisotopic (exact) mass is 282 g/mol. The maximum absolute atomic E-state index is 6.10. The zero-order chi connectivity index (χ0) is 13.8. The van der Waals surface area contributed by atoms with Crippen molar-refractivity contribution in [2.75, 3.05) is 26.2 Å². The molecular formula is C16H25ClNO+. The topological polar surface area (TPSA) is 13.7 Å². The Kier molecular flexibility index (Phi) is 5.12. The summed E-state index contributed by atoms with van der Waals surface area (Å²) in [5.41, 5.74) is 2.28. The van der Waals surface area contributed by atoms with E-state index in [1.165, 1.54) is 25.9 Å². The first-order valence-electron chi connectivity index (χ1n) is 7.30. The zero-order valence-electron chi connectivity index (χ0n) is 12.3. The minimum absolute atomic E-state index is 0.796. The number of rotatable bonds is 4. The Labute approximate surface area is 121 Å². The summed E-state index contributed by atoms with van der Waals surface area (Å²) in [5.74, 6) is 1.84. The minimum atomic E-state index is 0.796. The van der Waals surface area contributed by atoms with Crippen molar-refractivity contribution >= 4 is 11.6 Å². The van der Waals surface area contributed by atoms with E-state index in [9.17, 15) is 0 Å². The highest BCUT2D eigenvalue weighted by molar-refractivity contribution is 6.31. The lowest BCUT2D eigenvalue weighted by atomic mass is 10.0. The summed E-state index contributed by atoms with van der Waals surface area (Å²) < 4.78 is 5.93. The molecule has 0 amide bonds. The summed E-state index contributed by atoms with van der Waals surface area (Å²) in [6.07, 6.45) is 2.75. The molecule has 19 heavy (non-hydrogen) atoms. The number of piperidine rings is 1. The van der Waals surface area contributed by atoms with Crippen LogP contribution in [0, 0.1) is 19.8 Å². The van der Waals surface area contributed by atoms with Crippen LogP contribution in [0.4, 0.5) is 0 Å². The fourth-order valence-electron chi connectivity index (χ4n) is 2.85. The molecule has 1 aromatic carbocycles. The number of quaternary nitrogens is 1. The molecule has 1 aliphatic heterocycles. The van der Waals surface area contributed by atoms with Gasteiger partial charge in [-0.05, 0) is 49.9 Å². The molecule has 1 saturated heterocycles. The lowest BCUT2D eigenvalue weighted by Gasteiger charge is -2.27. The standard InChI is InChI=1S/C16H24ClNO/c1-12-5-4-8-18(11-12)9-10-19-16-7-6-15(17)13(2)14(16)3/h6-7,12H,4-5,8-11H2,1-3H3/p+1/t12-/m1/s1. The van der Waals surface area contributed by atoms with Crippen LogP contribution in [0.15, 0.2) is 12.1 Å². The van der Waals surface area contributed by atoms with Gasteiger partial charge in [-0.1, -0.05) is 18.5 Å². The molecule has 2 nitrogen and oxygen atoms in total. The summed E-state index contributed by atoms with van der Waals surface area (Å²) in [5, 5.41) is 0.820. The van der Waals surface area contributed by atoms with E-state index in [1.807, 2.05) is 19.1 Å². The highest BCUT2D eigenvalue weighted by Crippen LogP contribution is 2.26. The largest absolute Gasteiger partial charge is 0.487 e. The van der Waals surface area contributed by atoms with Gasteiger partial charge in [-0.25, -0.2) is 0 Å². The van der Waals surface area contributed by atoms with Gasteiger partial charge in [0, 0.05) is 10.9 Å². The average molecular weight is 283 g/mol. The van der Waals surface area contributed by atoms with E-state index in [-0.39, 0.29) is 0 Å². The number of benzene rings is 1. The van der Waals surface area contributed by atoms with Crippen LogP contribution < -0.4 is 9.64 Å². The first-order chi connectivity index (χ1) is 9.08. The van der Waals surface area contributed by atoms with Crippen molar-refractivity contribution in [1.29, 1.82) is 0 Å². The lowest BCUT2D eigenvalue weighted by molar-refractivity contribution is -0.908. The zero-order valence-corrected chi connectivity index (χ0v) is 13.0. The van der Waals surface area contributed by atoms with Gasteiger partial charge in [-0.15, -0.1) is 0 Å². The van der Waals surface area contributed by atoms with Gasteiger partial charge < -0.3 is 9.64 Å². The van der Waals surface area contributed by atoms with Gasteiger partial charge in [0.2, 0.25) is 0 Å². The predicted octanol–water partition coefficient (Wildman–Crippen LogP) is 2.65. The third-order valence-electron chi connectivity index (χ3n) is 4.25. The molecule has 106 valence electrons. The second-order valence-corrected chi connectivity index (χ2v) is 6.25. The van der Waals surface area contributed by atoms with Gasteiger partial charge in [-0.2, -0.15) is 0 Å². The van der Waals surface area contributed by atoms with E-state index >= 15 is 0 Å². The van der Waals surface area contributed by atoms with E-state index < -0.39 is 0 Å². The summed E-state index contributed by atoms with van der Waals surface area (Å²) in [6.45, 7) is 11.0. The van der Waals surface area contributed by atoms with Crippen molar-refractivity contribution in [3.05, 3.63) is 28.3 Å². The predicted molar refractivity (Wildman–Crippen MR) is 80.4 cm³/mol. The maximum atomic E-state index is 6.10. The first-order valence-corrected chi connectivity index (χ1v) is 7.67. The Hall–Kier alpha value is -0.730. The Bertz CT molecular complexity index is 433. The molecule has 0 radical (unpaired) electrons. The molecule has 3 heteroatoms. The van der Waals surface area contributed by atoms with Crippen LogP contribution in [0.25, 0.3) is 0 Å². The Morgan fingerprint density at radius 3 is 2.84 bits per heavy atom. The summed E-state index contributed by atoms with van der Waals surface area (Å²) in [4.78, 5) is 1.68. The Balaban J connectivity index is 1.84. The van der Waals surface area contributed by atoms with Gasteiger partial charge in [0.25, 0.3) is 0 Å². The van der Waals surface area contributed by atoms with E-state index in [0.29, 0.717) is 0 Å². The summed E-state index contributed by atoms with van der Waals surface area (Å²) in [6, 6.07) is 3.91. The van der Waals surface area contributed by atoms with Crippen molar-refractivity contribution in [3.63, 3.8) is 0 Å². The Morgan fingerprint density at radius 1 is 1.32 bits per heavy atom. The molecule has 1 heterocycles. The van der Waals surface area contributed by atoms with E-state index in [4.69, 9.17) is 16.3 Å². The number of halogens is 1. The second-order valence-electron chi connectivity index (χ2n) is 5.85. The van der Waals surface area contributed by atoms with Crippen molar-refractivity contribution in [3.8, 4) is 5.75 Å². The quantitative estimate of drug-likeness (QED) is 0.896. The molecule has 2 atom stereocenters. The lowest BCUT2D eigenvalue weighted by Crippen LogP contribution is -3.14. The average Bonchev–Trinajstić information content (AvgIpc) is 2.39. The van der Waals surface area contributed by atoms with Crippen LogP contribution in [0.2, 0.25) is 5.02 Å². The fourth-order valence-corrected chi connectivity index (χ4v) is 3.05. The van der Waals surface area contributed by atoms with E-state index in [0.717, 1.165) is 41.0 Å². The van der Waals surface area contributed by atoms with Gasteiger partial charge in [0.15, 0.2) is 0 Å². The second kappa shape index (κ2) is 6.62. The fraction of sp³-hybridized carbons (Fsp3) is 0.625. The van der Waals surface area contributed by atoms with Gasteiger partial charge in [-0.3, -0.25) is 0 Å². The number of hydrogen-bond acceptors (Lipinski definition) is 1. The van der Waals surface area contributed by atoms with Gasteiger partial charge >= 0.3 is 0 Å². The Morgan fingerprint density at radius 2 is 2.11 bits per heavy atom. The normalized spacial score (nSPS) is 23.4. The molecule has 0 aromatic heterocycles. The molecule has 0 bridgehead atoms. The van der Waals surface area contributed by atoms with E-state index in [1.54, 1.807) is 4.90 Å². The number of hydrogen-bond donors (Lipinski definition) is 1. The molecule has 0 spiro atoms. The molecule has 0 saturated carbocycles. The highest BCUT2D eigenvalue weighted by atomic mass is 35.5. The molecule has 1 aliphatic rings. The van der Waals surface area contributed by atoms with Gasteiger partial charge in [0.05, 0.1) is 13.1 Å². The van der Waals surface area contributed by atoms with Crippen LogP contribution in [0.1, 0.15) is 30.9 Å². The van der Waals surface area contributed by atoms with Crippen molar-refractivity contribution in [2.24, 2.45) is 5.92 Å². The SMILES string of the molecule is Cc1c(Cl)ccc(OCC[NH+]2CCC[C@@H](C)C2)c1C. The van der Waals surface area contributed by atoms with Gasteiger partial charge in [0.1, 0.15) is 18.9 Å². The molecular weight excluding hydrogens is 258 g/mol. The molecule has 1 unspecified atom stereocenters. The molecule has 0 aliphatic carbocycles. The minimum Gasteiger partial charge on any atom is -0.487 e. The highest BCUT2D eigenvalue weighted by Gasteiger charge is 2.19. The van der Waals surface area contributed by atoms with Crippen LogP contribution in [0.5, 0.6) is 5.75 Å². The molecule has 2 rings (SSSR count). The maximum Gasteiger partial charge on any atom is 0.137 e. The molecule has 1 aromatic rings. The van der Waals surface area contributed by atoms with Crippen LogP contribution in [0.3, 0.4) is 0 Å². The number of ether oxygens (including phenoxy) is 1. The van der Waals surface area contributed by atoms with Crippen molar-refractivity contribution < 1.29 is 9.64 Å². The van der Waals surface area contributed by atoms with Crippen molar-refractivity contribution in [1.82, 2.24) is 0 Å². The molecule has 1 fully saturated rings. The van der Waals surface area contributed by atoms with Crippen LogP contribution >= 0.6 is 11.6 Å². The summed E-state index contributed by atoms with van der Waals surface area (Å²) in [7, 11) is 0.